The number of benzene rings is 3. The highest BCUT2D eigenvalue weighted by Crippen LogP contribution is 2.37. The molecule has 0 saturated heterocycles. The van der Waals surface area contributed by atoms with E-state index in [9.17, 15) is 27.5 Å². The summed E-state index contributed by atoms with van der Waals surface area (Å²) in [5.74, 6) is -1.10. The van der Waals surface area contributed by atoms with E-state index < -0.39 is 41.0 Å². The SMILES string of the molecule is [C-]#[N+]c1ccc(CC(=O)[C@@](C)(O)Cn2ccc3cc(F)c(-c4ccccc4)cc32)cc1C(F)(F)F. The van der Waals surface area contributed by atoms with E-state index in [-0.39, 0.29) is 12.1 Å². The van der Waals surface area contributed by atoms with Crippen molar-refractivity contribution in [1.82, 2.24) is 4.57 Å². The van der Waals surface area contributed by atoms with E-state index in [0.29, 0.717) is 22.0 Å². The van der Waals surface area contributed by atoms with Crippen LogP contribution in [0.3, 0.4) is 0 Å². The number of ketones is 1. The summed E-state index contributed by atoms with van der Waals surface area (Å²) in [7, 11) is 0. The van der Waals surface area contributed by atoms with Crippen LogP contribution in [0.1, 0.15) is 18.1 Å². The Morgan fingerprint density at radius 2 is 1.77 bits per heavy atom. The molecule has 0 aliphatic heterocycles. The van der Waals surface area contributed by atoms with Crippen molar-refractivity contribution in [3.63, 3.8) is 0 Å². The van der Waals surface area contributed by atoms with Crippen molar-refractivity contribution in [2.24, 2.45) is 0 Å². The van der Waals surface area contributed by atoms with Crippen LogP contribution in [0.25, 0.3) is 26.9 Å². The molecule has 1 atom stereocenters. The molecule has 0 amide bonds. The van der Waals surface area contributed by atoms with Gasteiger partial charge in [-0.25, -0.2) is 9.24 Å². The molecule has 0 spiro atoms. The minimum atomic E-state index is -4.74. The van der Waals surface area contributed by atoms with E-state index in [1.807, 2.05) is 6.07 Å². The molecular weight excluding hydrogens is 460 g/mol. The largest absolute Gasteiger partial charge is 0.407 e. The Balaban J connectivity index is 1.61. The van der Waals surface area contributed by atoms with E-state index in [2.05, 4.69) is 4.85 Å². The van der Waals surface area contributed by atoms with Crippen molar-refractivity contribution in [1.29, 1.82) is 0 Å². The molecule has 0 aliphatic rings. The number of fused-ring (bicyclic) bond motifs is 1. The van der Waals surface area contributed by atoms with Gasteiger partial charge in [-0.2, -0.15) is 13.2 Å². The monoisotopic (exact) mass is 480 g/mol. The van der Waals surface area contributed by atoms with Crippen molar-refractivity contribution in [2.45, 2.75) is 31.7 Å². The van der Waals surface area contributed by atoms with Gasteiger partial charge in [-0.05, 0) is 36.2 Å². The number of rotatable bonds is 6. The summed E-state index contributed by atoms with van der Waals surface area (Å²) in [5.41, 5.74) is -1.91. The normalized spacial score (nSPS) is 13.4. The van der Waals surface area contributed by atoms with Gasteiger partial charge in [-0.15, -0.1) is 0 Å². The van der Waals surface area contributed by atoms with Gasteiger partial charge in [-0.3, -0.25) is 4.79 Å². The van der Waals surface area contributed by atoms with E-state index in [0.717, 1.165) is 12.1 Å². The van der Waals surface area contributed by atoms with Crippen molar-refractivity contribution in [3.8, 4) is 11.1 Å². The Morgan fingerprint density at radius 3 is 2.43 bits per heavy atom. The number of carbonyl (C=O) groups is 1. The Morgan fingerprint density at radius 1 is 1.06 bits per heavy atom. The molecule has 4 rings (SSSR count). The Labute approximate surface area is 198 Å². The fourth-order valence-corrected chi connectivity index (χ4v) is 4.00. The van der Waals surface area contributed by atoms with E-state index >= 15 is 0 Å². The molecule has 4 aromatic rings. The highest BCUT2D eigenvalue weighted by atomic mass is 19.4. The second-order valence-corrected chi connectivity index (χ2v) is 8.54. The van der Waals surface area contributed by atoms with Crippen LogP contribution in [0.15, 0.2) is 72.9 Å². The average molecular weight is 480 g/mol. The van der Waals surface area contributed by atoms with Crippen LogP contribution in [0.5, 0.6) is 0 Å². The first kappa shape index (κ1) is 24.2. The first-order valence-electron chi connectivity index (χ1n) is 10.7. The molecule has 1 aromatic heterocycles. The lowest BCUT2D eigenvalue weighted by Crippen LogP contribution is -2.40. The second-order valence-electron chi connectivity index (χ2n) is 8.54. The molecule has 178 valence electrons. The molecule has 0 unspecified atom stereocenters. The summed E-state index contributed by atoms with van der Waals surface area (Å²) < 4.78 is 56.1. The van der Waals surface area contributed by atoms with Crippen LogP contribution < -0.4 is 0 Å². The fraction of sp³-hybridized carbons (Fsp3) is 0.185. The first-order valence-corrected chi connectivity index (χ1v) is 10.7. The summed E-state index contributed by atoms with van der Waals surface area (Å²) in [6.07, 6.45) is -3.57. The van der Waals surface area contributed by atoms with Gasteiger partial charge in [0.15, 0.2) is 11.5 Å². The van der Waals surface area contributed by atoms with Crippen molar-refractivity contribution in [2.75, 3.05) is 0 Å². The highest BCUT2D eigenvalue weighted by Gasteiger charge is 2.35. The third-order valence-corrected chi connectivity index (χ3v) is 5.88. The number of aliphatic hydroxyl groups is 1. The number of alkyl halides is 3. The molecule has 8 heteroatoms. The molecule has 0 radical (unpaired) electrons. The molecule has 3 aromatic carbocycles. The number of nitrogens with zero attached hydrogens (tertiary/aromatic N) is 2. The second kappa shape index (κ2) is 9.01. The van der Waals surface area contributed by atoms with Crippen LogP contribution in [-0.2, 0) is 23.9 Å². The quantitative estimate of drug-likeness (QED) is 0.250. The molecular formula is C27H20F4N2O2. The average Bonchev–Trinajstić information content (AvgIpc) is 3.19. The minimum absolute atomic E-state index is 0.0424. The Bertz CT molecular complexity index is 1450. The highest BCUT2D eigenvalue weighted by molar-refractivity contribution is 5.90. The van der Waals surface area contributed by atoms with Gasteiger partial charge in [0, 0.05) is 29.1 Å². The summed E-state index contributed by atoms with van der Waals surface area (Å²) in [6.45, 7) is 8.04. The van der Waals surface area contributed by atoms with Crippen molar-refractivity contribution < 1.29 is 27.5 Å². The number of aromatic nitrogens is 1. The molecule has 1 N–H and O–H groups in total. The van der Waals surface area contributed by atoms with Gasteiger partial charge in [0.05, 0.1) is 18.7 Å². The number of hydrogen-bond acceptors (Lipinski definition) is 2. The van der Waals surface area contributed by atoms with E-state index in [1.165, 1.54) is 19.1 Å². The summed E-state index contributed by atoms with van der Waals surface area (Å²) in [6, 6.07) is 16.7. The number of carbonyl (C=O) groups excluding carboxylic acids is 1. The zero-order chi connectivity index (χ0) is 25.4. The first-order chi connectivity index (χ1) is 16.5. The molecule has 0 aliphatic carbocycles. The van der Waals surface area contributed by atoms with Crippen LogP contribution >= 0.6 is 0 Å². The molecule has 4 nitrogen and oxygen atoms in total. The number of halogens is 4. The van der Waals surface area contributed by atoms with E-state index in [4.69, 9.17) is 6.57 Å². The smallest absolute Gasteiger partial charge is 0.380 e. The third kappa shape index (κ3) is 4.96. The zero-order valence-electron chi connectivity index (χ0n) is 18.6. The maximum absolute atomic E-state index is 14.7. The van der Waals surface area contributed by atoms with Crippen LogP contribution in [0.4, 0.5) is 23.2 Å². The van der Waals surface area contributed by atoms with Gasteiger partial charge < -0.3 is 9.67 Å². The summed E-state index contributed by atoms with van der Waals surface area (Å²) in [4.78, 5) is 15.8. The van der Waals surface area contributed by atoms with Crippen LogP contribution in [-0.4, -0.2) is 21.1 Å². The van der Waals surface area contributed by atoms with Gasteiger partial charge in [0.25, 0.3) is 0 Å². The minimum Gasteiger partial charge on any atom is -0.380 e. The van der Waals surface area contributed by atoms with Crippen LogP contribution in [0.2, 0.25) is 0 Å². The topological polar surface area (TPSA) is 46.6 Å². The predicted molar refractivity (Wildman–Crippen MR) is 124 cm³/mol. The molecule has 0 bridgehead atoms. The number of hydrogen-bond donors (Lipinski definition) is 1. The lowest BCUT2D eigenvalue weighted by atomic mass is 9.93. The van der Waals surface area contributed by atoms with Crippen LogP contribution in [0, 0.1) is 12.4 Å². The predicted octanol–water partition coefficient (Wildman–Crippen LogP) is 6.58. The molecule has 35 heavy (non-hydrogen) atoms. The summed E-state index contributed by atoms with van der Waals surface area (Å²) in [5, 5.41) is 11.5. The molecule has 0 saturated carbocycles. The zero-order valence-corrected chi connectivity index (χ0v) is 18.6. The molecule has 1 heterocycles. The van der Waals surface area contributed by atoms with Gasteiger partial charge in [-0.1, -0.05) is 48.5 Å². The third-order valence-electron chi connectivity index (χ3n) is 5.88. The number of Topliss-reactive ketones (excluding diaryl/α,β-unsaturated/α-hetero) is 1. The maximum atomic E-state index is 14.7. The standard InChI is InChI=1S/C27H20F4N2O2/c1-26(35,25(34)13-17-8-9-23(32-2)21(12-17)27(29,30)31)16-33-11-10-19-14-22(28)20(15-24(19)33)18-6-4-3-5-7-18/h3-12,14-15,35H,13,16H2,1H3/t26-/m0/s1. The fourth-order valence-electron chi connectivity index (χ4n) is 4.00. The van der Waals surface area contributed by atoms with Gasteiger partial charge in [0.1, 0.15) is 11.4 Å². The lowest BCUT2D eigenvalue weighted by molar-refractivity contribution is -0.138. The summed E-state index contributed by atoms with van der Waals surface area (Å²) >= 11 is 0. The Hall–Kier alpha value is -3.96. The lowest BCUT2D eigenvalue weighted by Gasteiger charge is -2.23. The van der Waals surface area contributed by atoms with Gasteiger partial charge in [0.2, 0.25) is 0 Å². The van der Waals surface area contributed by atoms with Crippen molar-refractivity contribution in [3.05, 3.63) is 101 Å². The molecule has 0 fully saturated rings. The van der Waals surface area contributed by atoms with Gasteiger partial charge >= 0.3 is 6.18 Å². The maximum Gasteiger partial charge on any atom is 0.407 e. The van der Waals surface area contributed by atoms with E-state index in [1.54, 1.807) is 47.2 Å². The van der Waals surface area contributed by atoms with Crippen molar-refractivity contribution >= 4 is 22.4 Å². The Kier molecular flexibility index (Phi) is 6.22.